The molecule has 114 valence electrons. The van der Waals surface area contributed by atoms with Crippen molar-refractivity contribution in [3.63, 3.8) is 0 Å². The summed E-state index contributed by atoms with van der Waals surface area (Å²) >= 11 is 0. The van der Waals surface area contributed by atoms with E-state index in [-0.39, 0.29) is 44.7 Å². The van der Waals surface area contributed by atoms with E-state index in [1.165, 1.54) is 32.4 Å². The van der Waals surface area contributed by atoms with Gasteiger partial charge in [0.25, 0.3) is 0 Å². The summed E-state index contributed by atoms with van der Waals surface area (Å²) in [4.78, 5) is 12.1. The molecule has 0 atom stereocenters. The number of hydrogen-bond acceptors (Lipinski definition) is 7. The Morgan fingerprint density at radius 3 is 2.27 bits per heavy atom. The second-order valence-corrected chi connectivity index (χ2v) is 4.61. The zero-order valence-electron chi connectivity index (χ0n) is 11.7. The molecule has 0 saturated carbocycles. The Morgan fingerprint density at radius 1 is 0.955 bits per heavy atom. The molecule has 3 rings (SSSR count). The van der Waals surface area contributed by atoms with Crippen LogP contribution >= 0.6 is 0 Å². The third-order valence-electron chi connectivity index (χ3n) is 3.41. The lowest BCUT2D eigenvalue weighted by Crippen LogP contribution is -2.01. The normalized spacial score (nSPS) is 11.0. The van der Waals surface area contributed by atoms with Gasteiger partial charge in [0.05, 0.1) is 19.6 Å². The highest BCUT2D eigenvalue weighted by Gasteiger charge is 2.21. The molecular weight excluding hydrogens is 292 g/mol. The van der Waals surface area contributed by atoms with E-state index in [2.05, 4.69) is 0 Å². The number of phenols is 3. The lowest BCUT2D eigenvalue weighted by Gasteiger charge is -2.11. The lowest BCUT2D eigenvalue weighted by molar-refractivity contribution is 0.366. The van der Waals surface area contributed by atoms with Gasteiger partial charge in [-0.25, -0.2) is 4.79 Å². The van der Waals surface area contributed by atoms with Crippen molar-refractivity contribution in [1.29, 1.82) is 0 Å². The predicted octanol–water partition coefficient (Wildman–Crippen LogP) is 2.08. The first-order chi connectivity index (χ1) is 10.5. The van der Waals surface area contributed by atoms with E-state index in [1.54, 1.807) is 0 Å². The van der Waals surface area contributed by atoms with Crippen LogP contribution in [0.15, 0.2) is 27.4 Å². The molecule has 0 saturated heterocycles. The smallest absolute Gasteiger partial charge is 0.348 e. The van der Waals surface area contributed by atoms with Gasteiger partial charge < -0.3 is 29.2 Å². The van der Waals surface area contributed by atoms with E-state index in [0.717, 1.165) is 0 Å². The molecule has 0 spiro atoms. The number of phenolic OH excluding ortho intramolecular Hbond substituents is 3. The van der Waals surface area contributed by atoms with Crippen molar-refractivity contribution in [2.75, 3.05) is 14.2 Å². The van der Waals surface area contributed by atoms with Gasteiger partial charge in [0, 0.05) is 17.5 Å². The monoisotopic (exact) mass is 304 g/mol. The summed E-state index contributed by atoms with van der Waals surface area (Å²) in [5, 5.41) is 30.4. The minimum atomic E-state index is -0.856. The standard InChI is InChI=1S/C15H12O7/c1-20-6-3-7-11-9(17)5-10(21-2)13(18)14(11)22-15(19)12(7)8(16)4-6/h3-5,16-18H,1-2H3. The Balaban J connectivity index is 2.63. The van der Waals surface area contributed by atoms with Crippen molar-refractivity contribution in [2.24, 2.45) is 0 Å². The molecule has 0 fully saturated rings. The van der Waals surface area contributed by atoms with E-state index in [1.807, 2.05) is 0 Å². The van der Waals surface area contributed by atoms with Crippen LogP contribution in [0.2, 0.25) is 0 Å². The van der Waals surface area contributed by atoms with Crippen LogP contribution in [0.4, 0.5) is 0 Å². The van der Waals surface area contributed by atoms with E-state index >= 15 is 0 Å². The van der Waals surface area contributed by atoms with Gasteiger partial charge in [0.15, 0.2) is 11.3 Å². The van der Waals surface area contributed by atoms with Crippen LogP contribution in [-0.2, 0) is 0 Å². The minimum absolute atomic E-state index is 0.0420. The molecule has 0 aliphatic rings. The summed E-state index contributed by atoms with van der Waals surface area (Å²) in [6.07, 6.45) is 0. The average Bonchev–Trinajstić information content (AvgIpc) is 2.49. The number of methoxy groups -OCH3 is 2. The molecule has 1 aromatic heterocycles. The van der Waals surface area contributed by atoms with Crippen LogP contribution in [0.5, 0.6) is 28.7 Å². The highest BCUT2D eigenvalue weighted by molar-refractivity contribution is 6.11. The molecule has 0 amide bonds. The fourth-order valence-corrected chi connectivity index (χ4v) is 2.40. The van der Waals surface area contributed by atoms with Gasteiger partial charge >= 0.3 is 5.63 Å². The quantitative estimate of drug-likeness (QED) is 0.378. The Labute approximate surface area is 123 Å². The summed E-state index contributed by atoms with van der Waals surface area (Å²) in [6.45, 7) is 0. The maximum Gasteiger partial charge on any atom is 0.348 e. The third-order valence-corrected chi connectivity index (χ3v) is 3.41. The van der Waals surface area contributed by atoms with Gasteiger partial charge in [-0.1, -0.05) is 0 Å². The molecule has 22 heavy (non-hydrogen) atoms. The van der Waals surface area contributed by atoms with E-state index in [9.17, 15) is 20.1 Å². The fraction of sp³-hybridized carbons (Fsp3) is 0.133. The first-order valence-corrected chi connectivity index (χ1v) is 6.24. The molecule has 0 bridgehead atoms. The zero-order chi connectivity index (χ0) is 16.0. The van der Waals surface area contributed by atoms with E-state index in [0.29, 0.717) is 0 Å². The minimum Gasteiger partial charge on any atom is -0.507 e. The summed E-state index contributed by atoms with van der Waals surface area (Å²) in [6, 6.07) is 3.90. The molecule has 2 aromatic carbocycles. The Morgan fingerprint density at radius 2 is 1.64 bits per heavy atom. The number of ether oxygens (including phenoxy) is 2. The van der Waals surface area contributed by atoms with Gasteiger partial charge in [-0.2, -0.15) is 0 Å². The number of fused-ring (bicyclic) bond motifs is 3. The number of aromatic hydroxyl groups is 3. The third kappa shape index (κ3) is 1.79. The lowest BCUT2D eigenvalue weighted by atomic mass is 10.0. The molecular formula is C15H12O7. The van der Waals surface area contributed by atoms with Crippen LogP contribution in [-0.4, -0.2) is 29.5 Å². The van der Waals surface area contributed by atoms with Crippen molar-refractivity contribution in [3.8, 4) is 28.7 Å². The maximum absolute atomic E-state index is 12.1. The second kappa shape index (κ2) is 4.73. The van der Waals surface area contributed by atoms with E-state index in [4.69, 9.17) is 13.9 Å². The van der Waals surface area contributed by atoms with E-state index < -0.39 is 11.4 Å². The number of rotatable bonds is 2. The highest BCUT2D eigenvalue weighted by Crippen LogP contribution is 2.44. The SMILES string of the molecule is COc1cc(O)c2c(=O)oc3c(O)c(OC)cc(O)c3c2c1. The van der Waals surface area contributed by atoms with Crippen molar-refractivity contribution in [1.82, 2.24) is 0 Å². The second-order valence-electron chi connectivity index (χ2n) is 4.61. The van der Waals surface area contributed by atoms with Crippen molar-refractivity contribution < 1.29 is 29.2 Å². The number of benzene rings is 2. The van der Waals surface area contributed by atoms with Crippen LogP contribution in [0.25, 0.3) is 21.7 Å². The zero-order valence-corrected chi connectivity index (χ0v) is 11.7. The summed E-state index contributed by atoms with van der Waals surface area (Å²) in [7, 11) is 2.70. The molecule has 0 unspecified atom stereocenters. The van der Waals surface area contributed by atoms with Gasteiger partial charge in [0.1, 0.15) is 22.6 Å². The van der Waals surface area contributed by atoms with Crippen LogP contribution in [0.3, 0.4) is 0 Å². The fourth-order valence-electron chi connectivity index (χ4n) is 2.40. The molecule has 0 radical (unpaired) electrons. The summed E-state index contributed by atoms with van der Waals surface area (Å²) in [5.74, 6) is -0.798. The molecule has 7 nitrogen and oxygen atoms in total. The predicted molar refractivity (Wildman–Crippen MR) is 78.1 cm³/mol. The molecule has 0 aliphatic carbocycles. The van der Waals surface area contributed by atoms with Crippen LogP contribution in [0, 0.1) is 0 Å². The molecule has 1 heterocycles. The van der Waals surface area contributed by atoms with Gasteiger partial charge in [0.2, 0.25) is 5.75 Å². The van der Waals surface area contributed by atoms with Crippen molar-refractivity contribution in [2.45, 2.75) is 0 Å². The Kier molecular flexibility index (Phi) is 2.98. The van der Waals surface area contributed by atoms with Crippen LogP contribution < -0.4 is 15.1 Å². The molecule has 3 aromatic rings. The number of hydrogen-bond donors (Lipinski definition) is 3. The summed E-state index contributed by atoms with van der Waals surface area (Å²) < 4.78 is 15.0. The van der Waals surface area contributed by atoms with Gasteiger partial charge in [-0.05, 0) is 6.07 Å². The van der Waals surface area contributed by atoms with Crippen molar-refractivity contribution >= 4 is 21.7 Å². The Bertz CT molecular complexity index is 956. The average molecular weight is 304 g/mol. The van der Waals surface area contributed by atoms with Gasteiger partial charge in [-0.15, -0.1) is 0 Å². The molecule has 0 aliphatic heterocycles. The first kappa shape index (κ1) is 13.9. The summed E-state index contributed by atoms with van der Waals surface area (Å²) in [5.41, 5.74) is -1.09. The maximum atomic E-state index is 12.1. The Hall–Kier alpha value is -3.09. The first-order valence-electron chi connectivity index (χ1n) is 6.24. The van der Waals surface area contributed by atoms with Crippen LogP contribution in [0.1, 0.15) is 0 Å². The topological polar surface area (TPSA) is 109 Å². The largest absolute Gasteiger partial charge is 0.507 e. The molecule has 3 N–H and O–H groups in total. The van der Waals surface area contributed by atoms with Gasteiger partial charge in [-0.3, -0.25) is 0 Å². The molecule has 7 heteroatoms. The highest BCUT2D eigenvalue weighted by atomic mass is 16.5. The van der Waals surface area contributed by atoms with Crippen molar-refractivity contribution in [3.05, 3.63) is 28.6 Å².